The number of hydrogen-bond donors (Lipinski definition) is 1. The molecule has 0 heterocycles. The van der Waals surface area contributed by atoms with E-state index in [1.165, 1.54) is 0 Å². The molecule has 96 valence electrons. The van der Waals surface area contributed by atoms with Gasteiger partial charge in [-0.1, -0.05) is 26.8 Å². The lowest BCUT2D eigenvalue weighted by Gasteiger charge is -2.27. The van der Waals surface area contributed by atoms with Gasteiger partial charge in [-0.25, -0.2) is 0 Å². The van der Waals surface area contributed by atoms with Crippen molar-refractivity contribution in [2.75, 3.05) is 0 Å². The summed E-state index contributed by atoms with van der Waals surface area (Å²) in [5.41, 5.74) is 1.91. The summed E-state index contributed by atoms with van der Waals surface area (Å²) >= 11 is 0. The Morgan fingerprint density at radius 1 is 1.18 bits per heavy atom. The smallest absolute Gasteiger partial charge is 0.119 e. The largest absolute Gasteiger partial charge is 0.491 e. The number of aliphatic hydroxyl groups excluding tert-OH is 1. The predicted octanol–water partition coefficient (Wildman–Crippen LogP) is 3.86. The molecule has 0 bridgehead atoms. The molecule has 17 heavy (non-hydrogen) atoms. The Bertz CT molecular complexity index is 375. The Labute approximate surface area is 105 Å². The molecule has 0 aliphatic carbocycles. The third-order valence-corrected chi connectivity index (χ3v) is 2.73. The van der Waals surface area contributed by atoms with Crippen molar-refractivity contribution < 1.29 is 9.84 Å². The van der Waals surface area contributed by atoms with Gasteiger partial charge in [-0.05, 0) is 49.4 Å². The molecule has 0 amide bonds. The minimum Gasteiger partial charge on any atom is -0.491 e. The summed E-state index contributed by atoms with van der Waals surface area (Å²) < 4.78 is 5.63. The average molecular weight is 236 g/mol. The fourth-order valence-corrected chi connectivity index (χ4v) is 1.77. The number of benzene rings is 1. The van der Waals surface area contributed by atoms with E-state index in [1.54, 1.807) is 0 Å². The highest BCUT2D eigenvalue weighted by molar-refractivity contribution is 5.36. The Balaban J connectivity index is 2.98. The van der Waals surface area contributed by atoms with Gasteiger partial charge in [0.15, 0.2) is 0 Å². The van der Waals surface area contributed by atoms with Crippen molar-refractivity contribution in [3.63, 3.8) is 0 Å². The minimum absolute atomic E-state index is 0.148. The van der Waals surface area contributed by atoms with Crippen LogP contribution < -0.4 is 4.74 Å². The maximum Gasteiger partial charge on any atom is 0.119 e. The first kappa shape index (κ1) is 14.0. The van der Waals surface area contributed by atoms with Gasteiger partial charge in [-0.15, -0.1) is 0 Å². The van der Waals surface area contributed by atoms with Crippen LogP contribution in [0.25, 0.3) is 0 Å². The van der Waals surface area contributed by atoms with E-state index in [2.05, 4.69) is 0 Å². The fraction of sp³-hybridized carbons (Fsp3) is 0.600. The molecule has 1 aromatic carbocycles. The molecule has 0 aliphatic rings. The lowest BCUT2D eigenvalue weighted by molar-refractivity contribution is 0.0620. The summed E-state index contributed by atoms with van der Waals surface area (Å²) in [4.78, 5) is 0. The normalized spacial score (nSPS) is 13.9. The van der Waals surface area contributed by atoms with Crippen LogP contribution in [-0.2, 0) is 0 Å². The first-order valence-corrected chi connectivity index (χ1v) is 6.17. The fourth-order valence-electron chi connectivity index (χ4n) is 1.77. The summed E-state index contributed by atoms with van der Waals surface area (Å²) in [7, 11) is 0. The topological polar surface area (TPSA) is 29.5 Å². The Hall–Kier alpha value is -1.02. The van der Waals surface area contributed by atoms with E-state index in [1.807, 2.05) is 59.7 Å². The van der Waals surface area contributed by atoms with Gasteiger partial charge < -0.3 is 9.84 Å². The zero-order chi connectivity index (χ0) is 13.2. The van der Waals surface area contributed by atoms with Crippen LogP contribution in [0, 0.1) is 12.3 Å². The standard InChI is InChI=1S/C15H24O2/c1-10(2)17-12-7-8-13(11(3)9-12)14(16)15(4,5)6/h7-10,14,16H,1-6H3. The van der Waals surface area contributed by atoms with Crippen LogP contribution in [0.4, 0.5) is 0 Å². The summed E-state index contributed by atoms with van der Waals surface area (Å²) in [5, 5.41) is 10.3. The van der Waals surface area contributed by atoms with Crippen molar-refractivity contribution in [1.82, 2.24) is 0 Å². The molecular formula is C15H24O2. The second-order valence-electron chi connectivity index (χ2n) is 5.95. The van der Waals surface area contributed by atoms with Crippen molar-refractivity contribution in [3.8, 4) is 5.75 Å². The highest BCUT2D eigenvalue weighted by Gasteiger charge is 2.25. The van der Waals surface area contributed by atoms with Crippen LogP contribution in [0.3, 0.4) is 0 Å². The molecule has 0 radical (unpaired) electrons. The van der Waals surface area contributed by atoms with Gasteiger partial charge >= 0.3 is 0 Å². The number of aliphatic hydroxyl groups is 1. The van der Waals surface area contributed by atoms with Crippen LogP contribution >= 0.6 is 0 Å². The summed E-state index contributed by atoms with van der Waals surface area (Å²) in [6, 6.07) is 5.88. The highest BCUT2D eigenvalue weighted by Crippen LogP contribution is 2.35. The maximum absolute atomic E-state index is 10.3. The molecular weight excluding hydrogens is 212 g/mol. The Morgan fingerprint density at radius 2 is 1.76 bits per heavy atom. The van der Waals surface area contributed by atoms with Crippen LogP contribution in [-0.4, -0.2) is 11.2 Å². The number of hydrogen-bond acceptors (Lipinski definition) is 2. The zero-order valence-corrected chi connectivity index (χ0v) is 11.7. The van der Waals surface area contributed by atoms with Crippen molar-refractivity contribution in [2.24, 2.45) is 5.41 Å². The van der Waals surface area contributed by atoms with E-state index in [4.69, 9.17) is 4.74 Å². The lowest BCUT2D eigenvalue weighted by atomic mass is 9.83. The predicted molar refractivity (Wildman–Crippen MR) is 71.4 cm³/mol. The molecule has 0 aromatic heterocycles. The van der Waals surface area contributed by atoms with Gasteiger partial charge in [0.1, 0.15) is 5.75 Å². The van der Waals surface area contributed by atoms with E-state index in [-0.39, 0.29) is 11.5 Å². The average Bonchev–Trinajstić information content (AvgIpc) is 2.14. The SMILES string of the molecule is Cc1cc(OC(C)C)ccc1C(O)C(C)(C)C. The molecule has 0 saturated heterocycles. The van der Waals surface area contributed by atoms with E-state index < -0.39 is 6.10 Å². The molecule has 1 unspecified atom stereocenters. The van der Waals surface area contributed by atoms with E-state index in [9.17, 15) is 5.11 Å². The van der Waals surface area contributed by atoms with Crippen molar-refractivity contribution in [1.29, 1.82) is 0 Å². The summed E-state index contributed by atoms with van der Waals surface area (Å²) in [6.45, 7) is 12.1. The van der Waals surface area contributed by atoms with Gasteiger partial charge in [0.25, 0.3) is 0 Å². The molecule has 0 aliphatic heterocycles. The first-order chi connectivity index (χ1) is 7.71. The molecule has 1 rings (SSSR count). The molecule has 1 N–H and O–H groups in total. The highest BCUT2D eigenvalue weighted by atomic mass is 16.5. The Morgan fingerprint density at radius 3 is 2.18 bits per heavy atom. The molecule has 1 atom stereocenters. The first-order valence-electron chi connectivity index (χ1n) is 6.17. The van der Waals surface area contributed by atoms with Crippen molar-refractivity contribution in [2.45, 2.75) is 53.8 Å². The molecule has 0 saturated carbocycles. The third-order valence-electron chi connectivity index (χ3n) is 2.73. The molecule has 2 heteroatoms. The molecule has 0 fully saturated rings. The third kappa shape index (κ3) is 3.74. The number of rotatable bonds is 3. The Kier molecular flexibility index (Phi) is 4.21. The van der Waals surface area contributed by atoms with Gasteiger partial charge in [-0.2, -0.15) is 0 Å². The second kappa shape index (κ2) is 5.09. The van der Waals surface area contributed by atoms with E-state index in [0.29, 0.717) is 0 Å². The van der Waals surface area contributed by atoms with Gasteiger partial charge in [0, 0.05) is 0 Å². The monoisotopic (exact) mass is 236 g/mol. The van der Waals surface area contributed by atoms with Crippen LogP contribution in [0.2, 0.25) is 0 Å². The molecule has 0 spiro atoms. The minimum atomic E-state index is -0.449. The van der Waals surface area contributed by atoms with E-state index in [0.717, 1.165) is 16.9 Å². The summed E-state index contributed by atoms with van der Waals surface area (Å²) in [5.74, 6) is 0.863. The van der Waals surface area contributed by atoms with E-state index >= 15 is 0 Å². The van der Waals surface area contributed by atoms with Crippen LogP contribution in [0.15, 0.2) is 18.2 Å². The van der Waals surface area contributed by atoms with Crippen molar-refractivity contribution in [3.05, 3.63) is 29.3 Å². The van der Waals surface area contributed by atoms with Gasteiger partial charge in [0.05, 0.1) is 12.2 Å². The maximum atomic E-state index is 10.3. The number of aryl methyl sites for hydroxylation is 1. The quantitative estimate of drug-likeness (QED) is 0.863. The number of ether oxygens (including phenoxy) is 1. The van der Waals surface area contributed by atoms with Gasteiger partial charge in [0.2, 0.25) is 0 Å². The van der Waals surface area contributed by atoms with Crippen LogP contribution in [0.1, 0.15) is 51.8 Å². The van der Waals surface area contributed by atoms with Crippen LogP contribution in [0.5, 0.6) is 5.75 Å². The molecule has 2 nitrogen and oxygen atoms in total. The zero-order valence-electron chi connectivity index (χ0n) is 11.7. The lowest BCUT2D eigenvalue weighted by Crippen LogP contribution is -2.18. The van der Waals surface area contributed by atoms with Gasteiger partial charge in [-0.3, -0.25) is 0 Å². The molecule has 1 aromatic rings. The second-order valence-corrected chi connectivity index (χ2v) is 5.95. The summed E-state index contributed by atoms with van der Waals surface area (Å²) in [6.07, 6.45) is -0.275. The van der Waals surface area contributed by atoms with Crippen molar-refractivity contribution >= 4 is 0 Å².